The van der Waals surface area contributed by atoms with Crippen molar-refractivity contribution >= 4 is 16.0 Å². The first-order valence-electron chi connectivity index (χ1n) is 21.4. The lowest BCUT2D eigenvalue weighted by atomic mass is 10.0. The molecule has 0 spiro atoms. The molecular weight excluding hydrogens is 671 g/mol. The Morgan fingerprint density at radius 3 is 1.29 bits per heavy atom. The molecule has 8 heteroatoms. The van der Waals surface area contributed by atoms with E-state index in [1.807, 2.05) is 0 Å². The lowest BCUT2D eigenvalue weighted by Crippen LogP contribution is -2.50. The average molecular weight is 752 g/mol. The fourth-order valence-corrected chi connectivity index (χ4v) is 6.98. The molecule has 3 atom stereocenters. The molecule has 0 aromatic heterocycles. The van der Waals surface area contributed by atoms with Gasteiger partial charge in [-0.05, 0) is 70.6 Å². The number of nitrogens with one attached hydrogen (secondary N) is 1. The standard InChI is InChI=1S/C44H81NO6S/c1-3-5-7-9-11-13-15-17-19-20-21-22-23-24-25-27-29-31-33-35-37-39-43(47)44(48)45-41(40-52(49,50)51)42(46)38-36-34-32-30-28-26-18-16-14-12-10-8-6-4-2/h14,16,23-24,28,30,36,38,41-43,46-47H,3-13,15,17-22,25-27,29,31-35,37,39-40H2,1-2H3,(H,45,48)(H,49,50,51)/b16-14+,24-23-,30-28+,38-36+. The molecule has 7 nitrogen and oxygen atoms in total. The summed E-state index contributed by atoms with van der Waals surface area (Å²) in [4.78, 5) is 12.6. The van der Waals surface area contributed by atoms with Gasteiger partial charge in [-0.15, -0.1) is 0 Å². The normalized spacial score (nSPS) is 14.3. The highest BCUT2D eigenvalue weighted by molar-refractivity contribution is 7.85. The molecule has 0 aromatic carbocycles. The number of unbranched alkanes of at least 4 members (excludes halogenated alkanes) is 23. The van der Waals surface area contributed by atoms with E-state index in [0.717, 1.165) is 51.4 Å². The highest BCUT2D eigenvalue weighted by Crippen LogP contribution is 2.14. The van der Waals surface area contributed by atoms with Gasteiger partial charge >= 0.3 is 0 Å². The molecule has 3 unspecified atom stereocenters. The zero-order valence-corrected chi connectivity index (χ0v) is 34.4. The predicted octanol–water partition coefficient (Wildman–Crippen LogP) is 11.7. The highest BCUT2D eigenvalue weighted by Gasteiger charge is 2.27. The van der Waals surface area contributed by atoms with Crippen LogP contribution in [0.15, 0.2) is 48.6 Å². The van der Waals surface area contributed by atoms with Crippen LogP contribution in [0, 0.1) is 0 Å². The van der Waals surface area contributed by atoms with E-state index in [2.05, 4.69) is 55.6 Å². The molecule has 0 rings (SSSR count). The van der Waals surface area contributed by atoms with Gasteiger partial charge in [-0.3, -0.25) is 9.35 Å². The summed E-state index contributed by atoms with van der Waals surface area (Å²) in [6.45, 7) is 4.49. The third kappa shape index (κ3) is 36.6. The van der Waals surface area contributed by atoms with Gasteiger partial charge < -0.3 is 15.5 Å². The number of aliphatic hydroxyl groups excluding tert-OH is 2. The van der Waals surface area contributed by atoms with Crippen molar-refractivity contribution in [1.82, 2.24) is 5.32 Å². The Bertz CT molecular complexity index is 1020. The van der Waals surface area contributed by atoms with E-state index in [4.69, 9.17) is 0 Å². The molecule has 1 amide bonds. The van der Waals surface area contributed by atoms with Crippen LogP contribution in [0.1, 0.15) is 200 Å². The summed E-state index contributed by atoms with van der Waals surface area (Å²) >= 11 is 0. The van der Waals surface area contributed by atoms with Gasteiger partial charge in [0.05, 0.1) is 17.9 Å². The summed E-state index contributed by atoms with van der Waals surface area (Å²) in [6.07, 6.45) is 47.4. The van der Waals surface area contributed by atoms with E-state index in [1.165, 1.54) is 122 Å². The Morgan fingerprint density at radius 2 is 0.865 bits per heavy atom. The summed E-state index contributed by atoms with van der Waals surface area (Å²) < 4.78 is 32.5. The molecule has 0 heterocycles. The Kier molecular flexibility index (Phi) is 36.3. The second-order valence-corrected chi connectivity index (χ2v) is 16.2. The van der Waals surface area contributed by atoms with Crippen molar-refractivity contribution in [2.75, 3.05) is 5.75 Å². The van der Waals surface area contributed by atoms with Crippen LogP contribution in [0.5, 0.6) is 0 Å². The first-order chi connectivity index (χ1) is 25.2. The van der Waals surface area contributed by atoms with Crippen molar-refractivity contribution < 1.29 is 28.0 Å². The van der Waals surface area contributed by atoms with Crippen molar-refractivity contribution in [3.8, 4) is 0 Å². The number of aliphatic hydroxyl groups is 2. The molecule has 0 saturated carbocycles. The number of carbonyl (C=O) groups is 1. The van der Waals surface area contributed by atoms with Gasteiger partial charge in [0.15, 0.2) is 0 Å². The van der Waals surface area contributed by atoms with Gasteiger partial charge in [0, 0.05) is 0 Å². The minimum absolute atomic E-state index is 0.263. The quantitative estimate of drug-likeness (QED) is 0.0283. The monoisotopic (exact) mass is 752 g/mol. The molecule has 0 saturated heterocycles. The molecule has 0 aromatic rings. The Hall–Kier alpha value is -1.74. The van der Waals surface area contributed by atoms with E-state index in [9.17, 15) is 28.0 Å². The summed E-state index contributed by atoms with van der Waals surface area (Å²) in [7, 11) is -4.46. The van der Waals surface area contributed by atoms with Crippen molar-refractivity contribution in [2.24, 2.45) is 0 Å². The second-order valence-electron chi connectivity index (χ2n) is 14.7. The van der Waals surface area contributed by atoms with Gasteiger partial charge in [-0.1, -0.05) is 178 Å². The Morgan fingerprint density at radius 1 is 0.519 bits per heavy atom. The SMILES string of the molecule is CCCCCC/C=C/CC/C=C/CC/C=C/C(O)C(CS(=O)(=O)O)NC(=O)C(O)CCCCCCCC/C=C\CCCCCCCCCCCCC. The molecule has 0 aliphatic rings. The van der Waals surface area contributed by atoms with Gasteiger partial charge in [0.25, 0.3) is 10.1 Å². The Labute approximate surface area is 321 Å². The zero-order chi connectivity index (χ0) is 38.4. The molecule has 0 radical (unpaired) electrons. The maximum Gasteiger partial charge on any atom is 0.267 e. The average Bonchev–Trinajstić information content (AvgIpc) is 3.11. The molecule has 304 valence electrons. The van der Waals surface area contributed by atoms with E-state index in [1.54, 1.807) is 6.08 Å². The van der Waals surface area contributed by atoms with Gasteiger partial charge in [-0.2, -0.15) is 8.42 Å². The summed E-state index contributed by atoms with van der Waals surface area (Å²) in [5.74, 6) is -1.57. The van der Waals surface area contributed by atoms with Gasteiger partial charge in [-0.25, -0.2) is 0 Å². The largest absolute Gasteiger partial charge is 0.387 e. The van der Waals surface area contributed by atoms with E-state index < -0.39 is 40.0 Å². The van der Waals surface area contributed by atoms with Crippen molar-refractivity contribution in [2.45, 2.75) is 218 Å². The predicted molar refractivity (Wildman–Crippen MR) is 222 cm³/mol. The maximum atomic E-state index is 12.6. The Balaban J connectivity index is 4.04. The summed E-state index contributed by atoms with van der Waals surface area (Å²) in [5.41, 5.74) is 0. The maximum absolute atomic E-state index is 12.6. The summed E-state index contributed by atoms with van der Waals surface area (Å²) in [6, 6.07) is -1.26. The molecule has 52 heavy (non-hydrogen) atoms. The number of hydrogen-bond acceptors (Lipinski definition) is 5. The molecule has 0 fully saturated rings. The number of allylic oxidation sites excluding steroid dienone is 7. The van der Waals surface area contributed by atoms with Crippen LogP contribution >= 0.6 is 0 Å². The van der Waals surface area contributed by atoms with Crippen molar-refractivity contribution in [3.63, 3.8) is 0 Å². The van der Waals surface area contributed by atoms with Crippen LogP contribution in [0.4, 0.5) is 0 Å². The third-order valence-electron chi connectivity index (χ3n) is 9.56. The first kappa shape index (κ1) is 50.3. The fraction of sp³-hybridized carbons (Fsp3) is 0.795. The van der Waals surface area contributed by atoms with E-state index >= 15 is 0 Å². The van der Waals surface area contributed by atoms with Crippen molar-refractivity contribution in [1.29, 1.82) is 0 Å². The number of amides is 1. The zero-order valence-electron chi connectivity index (χ0n) is 33.5. The van der Waals surface area contributed by atoms with Crippen LogP contribution < -0.4 is 5.32 Å². The van der Waals surface area contributed by atoms with Crippen LogP contribution in [0.2, 0.25) is 0 Å². The third-order valence-corrected chi connectivity index (χ3v) is 10.3. The lowest BCUT2D eigenvalue weighted by Gasteiger charge is -2.22. The molecule has 0 aliphatic carbocycles. The van der Waals surface area contributed by atoms with Gasteiger partial charge in [0.1, 0.15) is 6.10 Å². The minimum Gasteiger partial charge on any atom is -0.387 e. The first-order valence-corrected chi connectivity index (χ1v) is 23.1. The highest BCUT2D eigenvalue weighted by atomic mass is 32.2. The van der Waals surface area contributed by atoms with E-state index in [-0.39, 0.29) is 6.42 Å². The number of hydrogen-bond donors (Lipinski definition) is 4. The lowest BCUT2D eigenvalue weighted by molar-refractivity contribution is -0.130. The van der Waals surface area contributed by atoms with Gasteiger partial charge in [0.2, 0.25) is 5.91 Å². The van der Waals surface area contributed by atoms with E-state index in [0.29, 0.717) is 12.8 Å². The molecule has 4 N–H and O–H groups in total. The number of carbonyl (C=O) groups excluding carboxylic acids is 1. The van der Waals surface area contributed by atoms with Crippen LogP contribution in [0.3, 0.4) is 0 Å². The van der Waals surface area contributed by atoms with Crippen LogP contribution in [-0.2, 0) is 14.9 Å². The number of rotatable bonds is 38. The van der Waals surface area contributed by atoms with Crippen LogP contribution in [-0.4, -0.2) is 53.1 Å². The molecular formula is C44H81NO6S. The smallest absolute Gasteiger partial charge is 0.267 e. The van der Waals surface area contributed by atoms with Crippen molar-refractivity contribution in [3.05, 3.63) is 48.6 Å². The van der Waals surface area contributed by atoms with Crippen LogP contribution in [0.25, 0.3) is 0 Å². The molecule has 0 bridgehead atoms. The minimum atomic E-state index is -4.46. The topological polar surface area (TPSA) is 124 Å². The molecule has 0 aliphatic heterocycles. The summed E-state index contributed by atoms with van der Waals surface area (Å²) in [5, 5.41) is 23.4. The second kappa shape index (κ2) is 37.6. The fourth-order valence-electron chi connectivity index (χ4n) is 6.25.